The fourth-order valence-corrected chi connectivity index (χ4v) is 3.96. The monoisotopic (exact) mass is 376 g/mol. The largest absolute Gasteiger partial charge is 0.352 e. The molecule has 3 rings (SSSR count). The van der Waals surface area contributed by atoms with Gasteiger partial charge < -0.3 is 10.6 Å². The molecule has 25 heavy (non-hydrogen) atoms. The number of halogens is 1. The zero-order valence-electron chi connectivity index (χ0n) is 13.4. The second-order valence-electron chi connectivity index (χ2n) is 5.46. The SMILES string of the molecule is O=C1CSc2ccc(C(=O)NCCCSc3ccc(F)cc3)cc2N1. The first-order valence-corrected chi connectivity index (χ1v) is 9.82. The van der Waals surface area contributed by atoms with E-state index in [4.69, 9.17) is 0 Å². The van der Waals surface area contributed by atoms with Crippen molar-refractivity contribution in [3.8, 4) is 0 Å². The van der Waals surface area contributed by atoms with Gasteiger partial charge in [0.15, 0.2) is 0 Å². The van der Waals surface area contributed by atoms with Gasteiger partial charge in [-0.1, -0.05) is 0 Å². The minimum Gasteiger partial charge on any atom is -0.352 e. The molecular weight excluding hydrogens is 359 g/mol. The van der Waals surface area contributed by atoms with Crippen LogP contribution in [-0.2, 0) is 4.79 Å². The minimum absolute atomic E-state index is 0.0483. The van der Waals surface area contributed by atoms with Crippen LogP contribution in [0.3, 0.4) is 0 Å². The van der Waals surface area contributed by atoms with Crippen molar-refractivity contribution in [2.75, 3.05) is 23.4 Å². The molecule has 0 unspecified atom stereocenters. The van der Waals surface area contributed by atoms with Crippen LogP contribution >= 0.6 is 23.5 Å². The molecule has 2 aromatic carbocycles. The minimum atomic E-state index is -0.240. The Kier molecular flexibility index (Phi) is 5.99. The highest BCUT2D eigenvalue weighted by atomic mass is 32.2. The molecule has 0 bridgehead atoms. The summed E-state index contributed by atoms with van der Waals surface area (Å²) in [5, 5.41) is 5.66. The first-order chi connectivity index (χ1) is 12.1. The molecule has 1 heterocycles. The predicted octanol–water partition coefficient (Wildman–Crippen LogP) is 3.78. The van der Waals surface area contributed by atoms with Crippen molar-refractivity contribution >= 4 is 41.0 Å². The van der Waals surface area contributed by atoms with Crippen molar-refractivity contribution in [3.05, 3.63) is 53.8 Å². The smallest absolute Gasteiger partial charge is 0.251 e. The topological polar surface area (TPSA) is 58.2 Å². The van der Waals surface area contributed by atoms with E-state index in [2.05, 4.69) is 10.6 Å². The van der Waals surface area contributed by atoms with Crippen molar-refractivity contribution in [2.24, 2.45) is 0 Å². The predicted molar refractivity (Wildman–Crippen MR) is 99.9 cm³/mol. The lowest BCUT2D eigenvalue weighted by Gasteiger charge is -2.16. The van der Waals surface area contributed by atoms with Gasteiger partial charge in [0.2, 0.25) is 5.91 Å². The summed E-state index contributed by atoms with van der Waals surface area (Å²) >= 11 is 3.10. The highest BCUT2D eigenvalue weighted by Crippen LogP contribution is 2.31. The quantitative estimate of drug-likeness (QED) is 0.595. The zero-order chi connectivity index (χ0) is 17.6. The van der Waals surface area contributed by atoms with Gasteiger partial charge in [-0.25, -0.2) is 4.39 Å². The van der Waals surface area contributed by atoms with Gasteiger partial charge in [-0.3, -0.25) is 9.59 Å². The third-order valence-electron chi connectivity index (χ3n) is 3.56. The van der Waals surface area contributed by atoms with Crippen LogP contribution in [0.5, 0.6) is 0 Å². The van der Waals surface area contributed by atoms with Gasteiger partial charge >= 0.3 is 0 Å². The van der Waals surface area contributed by atoms with Crippen LogP contribution in [0.2, 0.25) is 0 Å². The lowest BCUT2D eigenvalue weighted by molar-refractivity contribution is -0.113. The molecule has 0 aliphatic carbocycles. The van der Waals surface area contributed by atoms with E-state index in [-0.39, 0.29) is 17.6 Å². The summed E-state index contributed by atoms with van der Waals surface area (Å²) in [5.41, 5.74) is 1.23. The summed E-state index contributed by atoms with van der Waals surface area (Å²) in [4.78, 5) is 25.6. The maximum atomic E-state index is 12.8. The Bertz CT molecular complexity index is 781. The number of fused-ring (bicyclic) bond motifs is 1. The molecule has 1 aliphatic heterocycles. The molecule has 0 saturated heterocycles. The summed E-state index contributed by atoms with van der Waals surface area (Å²) in [6.07, 6.45) is 0.811. The van der Waals surface area contributed by atoms with E-state index in [0.717, 1.165) is 22.0 Å². The third kappa shape index (κ3) is 4.99. The maximum Gasteiger partial charge on any atom is 0.251 e. The number of hydrogen-bond donors (Lipinski definition) is 2. The van der Waals surface area contributed by atoms with Gasteiger partial charge in [0.25, 0.3) is 5.91 Å². The number of carbonyl (C=O) groups is 2. The summed E-state index contributed by atoms with van der Waals surface area (Å²) in [6, 6.07) is 11.7. The number of hydrogen-bond acceptors (Lipinski definition) is 4. The van der Waals surface area contributed by atoms with Crippen LogP contribution in [0, 0.1) is 5.82 Å². The second-order valence-corrected chi connectivity index (χ2v) is 7.65. The number of nitrogens with one attached hydrogen (secondary N) is 2. The van der Waals surface area contributed by atoms with E-state index >= 15 is 0 Å². The van der Waals surface area contributed by atoms with Crippen LogP contribution in [0.25, 0.3) is 0 Å². The molecule has 0 radical (unpaired) electrons. The average Bonchev–Trinajstić information content (AvgIpc) is 2.62. The second kappa shape index (κ2) is 8.40. The Morgan fingerprint density at radius 2 is 2.04 bits per heavy atom. The van der Waals surface area contributed by atoms with Crippen molar-refractivity contribution in [2.45, 2.75) is 16.2 Å². The number of thioether (sulfide) groups is 2. The molecule has 0 aromatic heterocycles. The number of carbonyl (C=O) groups excluding carboxylic acids is 2. The third-order valence-corrected chi connectivity index (χ3v) is 5.74. The first kappa shape index (κ1) is 17.8. The maximum absolute atomic E-state index is 12.8. The lowest BCUT2D eigenvalue weighted by atomic mass is 10.2. The molecule has 7 heteroatoms. The van der Waals surface area contributed by atoms with E-state index in [1.807, 2.05) is 6.07 Å². The summed E-state index contributed by atoms with van der Waals surface area (Å²) in [7, 11) is 0. The van der Waals surface area contributed by atoms with Gasteiger partial charge in [0.05, 0.1) is 11.4 Å². The molecule has 4 nitrogen and oxygen atoms in total. The highest BCUT2D eigenvalue weighted by Gasteiger charge is 2.17. The lowest BCUT2D eigenvalue weighted by Crippen LogP contribution is -2.25. The van der Waals surface area contributed by atoms with Gasteiger partial charge in [-0.2, -0.15) is 0 Å². The highest BCUT2D eigenvalue weighted by molar-refractivity contribution is 8.00. The molecule has 130 valence electrons. The molecule has 0 atom stereocenters. The average molecular weight is 376 g/mol. The normalized spacial score (nSPS) is 13.1. The Balaban J connectivity index is 1.44. The number of anilines is 1. The Labute approximate surface area is 154 Å². The van der Waals surface area contributed by atoms with Crippen LogP contribution in [0.4, 0.5) is 10.1 Å². The summed E-state index contributed by atoms with van der Waals surface area (Å²) in [6.45, 7) is 0.561. The molecule has 2 N–H and O–H groups in total. The van der Waals surface area contributed by atoms with Gasteiger partial charge in [-0.15, -0.1) is 23.5 Å². The summed E-state index contributed by atoms with van der Waals surface area (Å²) in [5.74, 6) is 0.802. The van der Waals surface area contributed by atoms with Crippen molar-refractivity contribution in [3.63, 3.8) is 0 Å². The standard InChI is InChI=1S/C18H17FN2O2S2/c19-13-3-5-14(6-4-13)24-9-1-8-20-18(23)12-2-7-16-15(10-12)21-17(22)11-25-16/h2-7,10H,1,8-9,11H2,(H,20,23)(H,21,22). The molecule has 2 aromatic rings. The van der Waals surface area contributed by atoms with Crippen LogP contribution in [0.15, 0.2) is 52.3 Å². The first-order valence-electron chi connectivity index (χ1n) is 7.85. The Hall–Kier alpha value is -1.99. The molecule has 0 saturated carbocycles. The zero-order valence-corrected chi connectivity index (χ0v) is 15.0. The van der Waals surface area contributed by atoms with E-state index in [9.17, 15) is 14.0 Å². The van der Waals surface area contributed by atoms with Crippen molar-refractivity contribution in [1.82, 2.24) is 5.32 Å². The number of rotatable bonds is 6. The molecule has 0 fully saturated rings. The van der Waals surface area contributed by atoms with E-state index < -0.39 is 0 Å². The fraction of sp³-hybridized carbons (Fsp3) is 0.222. The molecule has 0 spiro atoms. The van der Waals surface area contributed by atoms with E-state index in [1.165, 1.54) is 23.9 Å². The molecule has 2 amide bonds. The van der Waals surface area contributed by atoms with Gasteiger partial charge in [-0.05, 0) is 54.6 Å². The van der Waals surface area contributed by atoms with Crippen LogP contribution < -0.4 is 10.6 Å². The number of benzene rings is 2. The van der Waals surface area contributed by atoms with Crippen LogP contribution in [0.1, 0.15) is 16.8 Å². The Morgan fingerprint density at radius 3 is 2.84 bits per heavy atom. The Morgan fingerprint density at radius 1 is 1.24 bits per heavy atom. The van der Waals surface area contributed by atoms with Gasteiger partial charge in [0.1, 0.15) is 5.82 Å². The van der Waals surface area contributed by atoms with Gasteiger partial charge in [0, 0.05) is 21.9 Å². The van der Waals surface area contributed by atoms with Crippen molar-refractivity contribution < 1.29 is 14.0 Å². The van der Waals surface area contributed by atoms with E-state index in [1.54, 1.807) is 36.0 Å². The van der Waals surface area contributed by atoms with Crippen molar-refractivity contribution in [1.29, 1.82) is 0 Å². The summed E-state index contributed by atoms with van der Waals surface area (Å²) < 4.78 is 12.8. The van der Waals surface area contributed by atoms with E-state index in [0.29, 0.717) is 23.5 Å². The fourth-order valence-electron chi connectivity index (χ4n) is 2.32. The molecule has 1 aliphatic rings. The molecular formula is C18H17FN2O2S2. The number of amides is 2. The van der Waals surface area contributed by atoms with Crippen LogP contribution in [-0.4, -0.2) is 29.9 Å².